The lowest BCUT2D eigenvalue weighted by Crippen LogP contribution is -2.27. The van der Waals surface area contributed by atoms with Crippen molar-refractivity contribution in [3.05, 3.63) is 29.1 Å². The molecule has 0 saturated carbocycles. The summed E-state index contributed by atoms with van der Waals surface area (Å²) in [4.78, 5) is 0. The highest BCUT2D eigenvalue weighted by Gasteiger charge is 2.19. The zero-order chi connectivity index (χ0) is 13.8. The highest BCUT2D eigenvalue weighted by molar-refractivity contribution is 5.40. The lowest BCUT2D eigenvalue weighted by molar-refractivity contribution is 0.0250. The summed E-state index contributed by atoms with van der Waals surface area (Å²) >= 11 is 0. The lowest BCUT2D eigenvalue weighted by Gasteiger charge is -2.26. The molecule has 0 bridgehead atoms. The van der Waals surface area contributed by atoms with Gasteiger partial charge in [0.2, 0.25) is 0 Å². The monoisotopic (exact) mass is 267 g/mol. The molecule has 1 aromatic carbocycles. The number of aryl methyl sites for hydroxylation is 1. The maximum Gasteiger partial charge on any atom is 0.126 e. The Morgan fingerprint density at radius 1 is 1.37 bits per heavy atom. The molecule has 1 aliphatic rings. The van der Waals surface area contributed by atoms with E-state index in [0.717, 1.165) is 37.4 Å². The highest BCUT2D eigenvalue weighted by Crippen LogP contribution is 2.30. The summed E-state index contributed by atoms with van der Waals surface area (Å²) < 4.78 is 25.1. The Morgan fingerprint density at radius 3 is 2.68 bits per heavy atom. The van der Waals surface area contributed by atoms with Crippen LogP contribution in [0.3, 0.4) is 0 Å². The maximum absolute atomic E-state index is 13.7. The second-order valence-corrected chi connectivity index (χ2v) is 5.08. The van der Waals surface area contributed by atoms with Crippen molar-refractivity contribution >= 4 is 0 Å². The Hall–Kier alpha value is -1.13. The van der Waals surface area contributed by atoms with E-state index in [-0.39, 0.29) is 18.0 Å². The first-order chi connectivity index (χ1) is 9.11. The molecule has 0 amide bonds. The molecule has 1 heterocycles. The Balaban J connectivity index is 2.23. The lowest BCUT2D eigenvalue weighted by atomic mass is 10.0. The van der Waals surface area contributed by atoms with Crippen molar-refractivity contribution in [2.24, 2.45) is 0 Å². The molecule has 0 radical (unpaired) electrons. The average Bonchev–Trinajstić information content (AvgIpc) is 2.43. The van der Waals surface area contributed by atoms with Crippen LogP contribution in [0, 0.1) is 12.7 Å². The van der Waals surface area contributed by atoms with E-state index < -0.39 is 0 Å². The van der Waals surface area contributed by atoms with Crippen molar-refractivity contribution in [1.82, 2.24) is 5.32 Å². The molecule has 0 aliphatic carbocycles. The number of benzene rings is 1. The minimum atomic E-state index is -0.184. The first kappa shape index (κ1) is 14.3. The first-order valence-corrected chi connectivity index (χ1v) is 6.83. The smallest absolute Gasteiger partial charge is 0.126 e. The number of ether oxygens (including phenoxy) is 2. The molecule has 1 unspecified atom stereocenters. The van der Waals surface area contributed by atoms with Gasteiger partial charge in [0.15, 0.2) is 0 Å². The van der Waals surface area contributed by atoms with Crippen LogP contribution in [0.5, 0.6) is 5.75 Å². The summed E-state index contributed by atoms with van der Waals surface area (Å²) in [5, 5.41) is 3.13. The van der Waals surface area contributed by atoms with Gasteiger partial charge < -0.3 is 14.8 Å². The third kappa shape index (κ3) is 3.45. The fourth-order valence-electron chi connectivity index (χ4n) is 2.24. The van der Waals surface area contributed by atoms with Gasteiger partial charge >= 0.3 is 0 Å². The quantitative estimate of drug-likeness (QED) is 0.909. The second-order valence-electron chi connectivity index (χ2n) is 5.08. The van der Waals surface area contributed by atoms with Crippen LogP contribution < -0.4 is 10.1 Å². The van der Waals surface area contributed by atoms with Crippen LogP contribution in [-0.2, 0) is 4.74 Å². The molecule has 1 atom stereocenters. The Kier molecular flexibility index (Phi) is 4.77. The van der Waals surface area contributed by atoms with Crippen LogP contribution in [0.1, 0.15) is 36.9 Å². The Bertz CT molecular complexity index is 430. The van der Waals surface area contributed by atoms with Crippen LogP contribution in [0.15, 0.2) is 12.1 Å². The average molecular weight is 267 g/mol. The van der Waals surface area contributed by atoms with E-state index in [1.807, 2.05) is 14.0 Å². The Labute approximate surface area is 114 Å². The molecule has 19 heavy (non-hydrogen) atoms. The summed E-state index contributed by atoms with van der Waals surface area (Å²) in [6, 6.07) is 3.43. The van der Waals surface area contributed by atoms with Gasteiger partial charge in [0.1, 0.15) is 17.7 Å². The van der Waals surface area contributed by atoms with E-state index in [0.29, 0.717) is 5.56 Å². The molecule has 2 rings (SSSR count). The predicted octanol–water partition coefficient (Wildman–Crippen LogP) is 2.97. The van der Waals surface area contributed by atoms with Crippen LogP contribution >= 0.6 is 0 Å². The molecule has 0 aromatic heterocycles. The number of halogens is 1. The van der Waals surface area contributed by atoms with Crippen molar-refractivity contribution in [3.63, 3.8) is 0 Å². The third-order valence-corrected chi connectivity index (χ3v) is 3.65. The summed E-state index contributed by atoms with van der Waals surface area (Å²) in [5.74, 6) is 0.601. The molecule has 4 heteroatoms. The molecule has 3 nitrogen and oxygen atoms in total. The molecule has 106 valence electrons. The topological polar surface area (TPSA) is 30.5 Å². The fraction of sp³-hybridized carbons (Fsp3) is 0.600. The number of hydrogen-bond donors (Lipinski definition) is 1. The van der Waals surface area contributed by atoms with Gasteiger partial charge in [-0.3, -0.25) is 0 Å². The third-order valence-electron chi connectivity index (χ3n) is 3.65. The van der Waals surface area contributed by atoms with Gasteiger partial charge in [-0.05, 0) is 38.6 Å². The summed E-state index contributed by atoms with van der Waals surface area (Å²) in [6.07, 6.45) is 1.95. The maximum atomic E-state index is 13.7. The van der Waals surface area contributed by atoms with Crippen molar-refractivity contribution in [1.29, 1.82) is 0 Å². The van der Waals surface area contributed by atoms with E-state index in [4.69, 9.17) is 9.47 Å². The van der Waals surface area contributed by atoms with Crippen LogP contribution in [0.2, 0.25) is 0 Å². The molecule has 1 fully saturated rings. The molecule has 1 N–H and O–H groups in total. The zero-order valence-electron chi connectivity index (χ0n) is 11.8. The molecule has 0 spiro atoms. The molecule has 1 aromatic rings. The SMILES string of the molecule is CNC(C)c1cc(F)c(C)cc1OC1CCOCC1. The zero-order valence-corrected chi connectivity index (χ0v) is 11.8. The van der Waals surface area contributed by atoms with E-state index in [1.165, 1.54) is 0 Å². The summed E-state index contributed by atoms with van der Waals surface area (Å²) in [6.45, 7) is 5.24. The number of rotatable bonds is 4. The van der Waals surface area contributed by atoms with Gasteiger partial charge in [0.05, 0.1) is 13.2 Å². The van der Waals surface area contributed by atoms with Gasteiger partial charge in [-0.1, -0.05) is 0 Å². The first-order valence-electron chi connectivity index (χ1n) is 6.83. The fourth-order valence-corrected chi connectivity index (χ4v) is 2.24. The predicted molar refractivity (Wildman–Crippen MR) is 73.1 cm³/mol. The van der Waals surface area contributed by atoms with Gasteiger partial charge in [-0.2, -0.15) is 0 Å². The van der Waals surface area contributed by atoms with E-state index in [1.54, 1.807) is 19.1 Å². The van der Waals surface area contributed by atoms with Gasteiger partial charge in [-0.25, -0.2) is 4.39 Å². The molecule has 1 saturated heterocycles. The normalized spacial score (nSPS) is 18.3. The van der Waals surface area contributed by atoms with Crippen LogP contribution in [0.25, 0.3) is 0 Å². The van der Waals surface area contributed by atoms with E-state index in [9.17, 15) is 4.39 Å². The van der Waals surface area contributed by atoms with Crippen molar-refractivity contribution in [2.75, 3.05) is 20.3 Å². The number of hydrogen-bond acceptors (Lipinski definition) is 3. The highest BCUT2D eigenvalue weighted by atomic mass is 19.1. The Morgan fingerprint density at radius 2 is 2.05 bits per heavy atom. The standard InChI is InChI=1S/C15H22FNO2/c1-10-8-15(19-12-4-6-18-7-5-12)13(9-14(10)16)11(2)17-3/h8-9,11-12,17H,4-7H2,1-3H3. The summed E-state index contributed by atoms with van der Waals surface area (Å²) in [7, 11) is 1.86. The van der Waals surface area contributed by atoms with Gasteiger partial charge in [-0.15, -0.1) is 0 Å². The van der Waals surface area contributed by atoms with Crippen LogP contribution in [-0.4, -0.2) is 26.4 Å². The minimum Gasteiger partial charge on any atom is -0.490 e. The van der Waals surface area contributed by atoms with Crippen molar-refractivity contribution < 1.29 is 13.9 Å². The van der Waals surface area contributed by atoms with Crippen molar-refractivity contribution in [2.45, 2.75) is 38.8 Å². The molecule has 1 aliphatic heterocycles. The van der Waals surface area contributed by atoms with Gasteiger partial charge in [0.25, 0.3) is 0 Å². The molecular weight excluding hydrogens is 245 g/mol. The summed E-state index contributed by atoms with van der Waals surface area (Å²) in [5.41, 5.74) is 1.49. The van der Waals surface area contributed by atoms with Crippen molar-refractivity contribution in [3.8, 4) is 5.75 Å². The second kappa shape index (κ2) is 6.35. The number of nitrogens with one attached hydrogen (secondary N) is 1. The van der Waals surface area contributed by atoms with E-state index >= 15 is 0 Å². The van der Waals surface area contributed by atoms with Crippen LogP contribution in [0.4, 0.5) is 4.39 Å². The minimum absolute atomic E-state index is 0.0601. The largest absolute Gasteiger partial charge is 0.490 e. The van der Waals surface area contributed by atoms with Gasteiger partial charge in [0, 0.05) is 24.4 Å². The molecular formula is C15H22FNO2. The van der Waals surface area contributed by atoms with E-state index in [2.05, 4.69) is 5.32 Å².